The molecule has 0 saturated carbocycles. The molecule has 0 aliphatic carbocycles. The van der Waals surface area contributed by atoms with Crippen LogP contribution < -0.4 is 20.5 Å². The van der Waals surface area contributed by atoms with Gasteiger partial charge in [0.05, 0.1) is 25.5 Å². The van der Waals surface area contributed by atoms with Crippen LogP contribution in [0.5, 0.6) is 11.5 Å². The van der Waals surface area contributed by atoms with Gasteiger partial charge in [-0.15, -0.1) is 0 Å². The van der Waals surface area contributed by atoms with E-state index in [2.05, 4.69) is 5.32 Å². The van der Waals surface area contributed by atoms with Gasteiger partial charge in [-0.2, -0.15) is 0 Å². The number of ether oxygens (including phenoxy) is 2. The molecule has 0 heterocycles. The van der Waals surface area contributed by atoms with Crippen molar-refractivity contribution < 1.29 is 19.1 Å². The first kappa shape index (κ1) is 17.1. The lowest BCUT2D eigenvalue weighted by atomic mass is 10.1. The Hall–Kier alpha value is -3.28. The normalized spacial score (nSPS) is 10.4. The van der Waals surface area contributed by atoms with Crippen LogP contribution in [0.2, 0.25) is 0 Å². The fourth-order valence-corrected chi connectivity index (χ4v) is 2.10. The van der Waals surface area contributed by atoms with Crippen molar-refractivity contribution in [3.8, 4) is 11.5 Å². The predicted molar refractivity (Wildman–Crippen MR) is 92.2 cm³/mol. The molecule has 2 aromatic rings. The molecule has 0 unspecified atom stereocenters. The van der Waals surface area contributed by atoms with E-state index in [0.29, 0.717) is 17.2 Å². The molecule has 2 aromatic carbocycles. The van der Waals surface area contributed by atoms with Crippen molar-refractivity contribution in [2.75, 3.05) is 19.5 Å². The average Bonchev–Trinajstić information content (AvgIpc) is 2.60. The van der Waals surface area contributed by atoms with Gasteiger partial charge in [-0.3, -0.25) is 9.59 Å². The minimum atomic E-state index is -0.605. The monoisotopic (exact) mass is 326 g/mol. The van der Waals surface area contributed by atoms with E-state index in [-0.39, 0.29) is 11.5 Å². The topological polar surface area (TPSA) is 90.6 Å². The Morgan fingerprint density at radius 3 is 2.50 bits per heavy atom. The lowest BCUT2D eigenvalue weighted by Gasteiger charge is -2.08. The fraction of sp³-hybridized carbons (Fsp3) is 0.111. The minimum absolute atomic E-state index is 0.251. The number of methoxy groups -OCH3 is 2. The molecular weight excluding hydrogens is 308 g/mol. The van der Waals surface area contributed by atoms with Gasteiger partial charge in [0.15, 0.2) is 0 Å². The molecule has 0 aliphatic heterocycles. The molecule has 0 radical (unpaired) electrons. The second-order valence-electron chi connectivity index (χ2n) is 4.84. The molecule has 0 bridgehead atoms. The van der Waals surface area contributed by atoms with Crippen LogP contribution in [0, 0.1) is 0 Å². The number of para-hydroxylation sites is 1. The number of hydrogen-bond donors (Lipinski definition) is 2. The van der Waals surface area contributed by atoms with Crippen LogP contribution in [0.25, 0.3) is 6.08 Å². The molecule has 6 heteroatoms. The van der Waals surface area contributed by atoms with Gasteiger partial charge in [-0.1, -0.05) is 12.1 Å². The SMILES string of the molecule is COc1ccc(/C=C/C(=O)Nc2ccccc2C(N)=O)c(OC)c1. The van der Waals surface area contributed by atoms with Crippen LogP contribution in [0.4, 0.5) is 5.69 Å². The van der Waals surface area contributed by atoms with E-state index >= 15 is 0 Å². The van der Waals surface area contributed by atoms with Crippen LogP contribution >= 0.6 is 0 Å². The maximum Gasteiger partial charge on any atom is 0.250 e. The molecule has 0 fully saturated rings. The molecule has 124 valence electrons. The zero-order valence-corrected chi connectivity index (χ0v) is 13.4. The first-order valence-electron chi connectivity index (χ1n) is 7.15. The third kappa shape index (κ3) is 4.13. The highest BCUT2D eigenvalue weighted by molar-refractivity contribution is 6.07. The highest BCUT2D eigenvalue weighted by Gasteiger charge is 2.09. The number of primary amides is 1. The summed E-state index contributed by atoms with van der Waals surface area (Å²) in [5.74, 6) is 0.244. The van der Waals surface area contributed by atoms with Gasteiger partial charge in [0.1, 0.15) is 11.5 Å². The van der Waals surface area contributed by atoms with Gasteiger partial charge in [0, 0.05) is 17.7 Å². The van der Waals surface area contributed by atoms with Crippen LogP contribution in [-0.4, -0.2) is 26.0 Å². The number of carbonyl (C=O) groups is 2. The summed E-state index contributed by atoms with van der Waals surface area (Å²) >= 11 is 0. The molecule has 2 amide bonds. The zero-order valence-electron chi connectivity index (χ0n) is 13.4. The number of amides is 2. The summed E-state index contributed by atoms with van der Waals surface area (Å²) in [4.78, 5) is 23.4. The van der Waals surface area contributed by atoms with Gasteiger partial charge in [-0.25, -0.2) is 0 Å². The molecule has 24 heavy (non-hydrogen) atoms. The Morgan fingerprint density at radius 1 is 1.08 bits per heavy atom. The Kier molecular flexibility index (Phi) is 5.57. The van der Waals surface area contributed by atoms with Crippen LogP contribution in [-0.2, 0) is 4.79 Å². The maximum absolute atomic E-state index is 12.1. The Bertz CT molecular complexity index is 784. The largest absolute Gasteiger partial charge is 0.497 e. The van der Waals surface area contributed by atoms with Crippen LogP contribution in [0.15, 0.2) is 48.5 Å². The number of hydrogen-bond acceptors (Lipinski definition) is 4. The van der Waals surface area contributed by atoms with Gasteiger partial charge in [0.25, 0.3) is 5.91 Å². The third-order valence-corrected chi connectivity index (χ3v) is 3.31. The van der Waals surface area contributed by atoms with E-state index in [0.717, 1.165) is 5.56 Å². The molecule has 0 aliphatic rings. The van der Waals surface area contributed by atoms with Crippen molar-refractivity contribution >= 4 is 23.6 Å². The smallest absolute Gasteiger partial charge is 0.250 e. The molecule has 0 atom stereocenters. The maximum atomic E-state index is 12.1. The number of anilines is 1. The van der Waals surface area contributed by atoms with E-state index in [1.165, 1.54) is 13.2 Å². The van der Waals surface area contributed by atoms with Crippen molar-refractivity contribution in [1.29, 1.82) is 0 Å². The predicted octanol–water partition coefficient (Wildman–Crippen LogP) is 2.45. The number of rotatable bonds is 6. The van der Waals surface area contributed by atoms with Crippen molar-refractivity contribution in [3.05, 3.63) is 59.7 Å². The standard InChI is InChI=1S/C18H18N2O4/c1-23-13-9-7-12(16(11-13)24-2)8-10-17(21)20-15-6-4-3-5-14(15)18(19)22/h3-11H,1-2H3,(H2,19,22)(H,20,21)/b10-8+. The van der Waals surface area contributed by atoms with E-state index in [1.807, 2.05) is 0 Å². The van der Waals surface area contributed by atoms with E-state index in [1.54, 1.807) is 55.7 Å². The zero-order chi connectivity index (χ0) is 17.5. The number of benzene rings is 2. The molecule has 0 aromatic heterocycles. The van der Waals surface area contributed by atoms with Crippen LogP contribution in [0.1, 0.15) is 15.9 Å². The summed E-state index contributed by atoms with van der Waals surface area (Å²) in [6.45, 7) is 0. The van der Waals surface area contributed by atoms with Gasteiger partial charge in [0.2, 0.25) is 5.91 Å². The third-order valence-electron chi connectivity index (χ3n) is 3.31. The molecule has 6 nitrogen and oxygen atoms in total. The first-order chi connectivity index (χ1) is 11.5. The Morgan fingerprint density at radius 2 is 1.83 bits per heavy atom. The van der Waals surface area contributed by atoms with Crippen LogP contribution in [0.3, 0.4) is 0 Å². The highest BCUT2D eigenvalue weighted by Crippen LogP contribution is 2.25. The lowest BCUT2D eigenvalue weighted by Crippen LogP contribution is -2.16. The molecule has 0 spiro atoms. The summed E-state index contributed by atoms with van der Waals surface area (Å²) in [7, 11) is 3.10. The van der Waals surface area contributed by atoms with Crippen molar-refractivity contribution in [2.24, 2.45) is 5.73 Å². The first-order valence-corrected chi connectivity index (χ1v) is 7.15. The minimum Gasteiger partial charge on any atom is -0.497 e. The molecule has 0 saturated heterocycles. The van der Waals surface area contributed by atoms with Crippen molar-refractivity contribution in [3.63, 3.8) is 0 Å². The summed E-state index contributed by atoms with van der Waals surface area (Å²) in [5, 5.41) is 2.63. The van der Waals surface area contributed by atoms with E-state index in [9.17, 15) is 9.59 Å². The highest BCUT2D eigenvalue weighted by atomic mass is 16.5. The second-order valence-corrected chi connectivity index (χ2v) is 4.84. The Balaban J connectivity index is 2.16. The van der Waals surface area contributed by atoms with E-state index in [4.69, 9.17) is 15.2 Å². The quantitative estimate of drug-likeness (QED) is 0.798. The fourth-order valence-electron chi connectivity index (χ4n) is 2.10. The number of nitrogens with one attached hydrogen (secondary N) is 1. The van der Waals surface area contributed by atoms with Crippen molar-refractivity contribution in [2.45, 2.75) is 0 Å². The molecule has 3 N–H and O–H groups in total. The van der Waals surface area contributed by atoms with Crippen molar-refractivity contribution in [1.82, 2.24) is 0 Å². The second kappa shape index (κ2) is 7.82. The summed E-state index contributed by atoms with van der Waals surface area (Å²) in [5.41, 5.74) is 6.62. The Labute approximate surface area is 139 Å². The van der Waals surface area contributed by atoms with Gasteiger partial charge >= 0.3 is 0 Å². The summed E-state index contributed by atoms with van der Waals surface area (Å²) in [6, 6.07) is 11.8. The van der Waals surface area contributed by atoms with Gasteiger partial charge < -0.3 is 20.5 Å². The number of nitrogens with two attached hydrogens (primary N) is 1. The van der Waals surface area contributed by atoms with E-state index < -0.39 is 5.91 Å². The average molecular weight is 326 g/mol. The molecular formula is C18H18N2O4. The number of carbonyl (C=O) groups excluding carboxylic acids is 2. The summed E-state index contributed by atoms with van der Waals surface area (Å²) in [6.07, 6.45) is 2.96. The summed E-state index contributed by atoms with van der Waals surface area (Å²) < 4.78 is 10.4. The lowest BCUT2D eigenvalue weighted by molar-refractivity contribution is -0.111. The molecule has 2 rings (SSSR count). The van der Waals surface area contributed by atoms with Gasteiger partial charge in [-0.05, 0) is 30.3 Å².